The van der Waals surface area contributed by atoms with Gasteiger partial charge in [0.15, 0.2) is 5.54 Å². The van der Waals surface area contributed by atoms with E-state index < -0.39 is 5.54 Å². The van der Waals surface area contributed by atoms with E-state index in [4.69, 9.17) is 11.6 Å². The molecule has 0 bridgehead atoms. The number of carbonyl (C=O) groups is 1. The minimum absolute atomic E-state index is 0.407. The molecule has 7 heteroatoms. The predicted molar refractivity (Wildman–Crippen MR) is 113 cm³/mol. The Morgan fingerprint density at radius 1 is 1.11 bits per heavy atom. The third-order valence-electron chi connectivity index (χ3n) is 4.82. The Kier molecular flexibility index (Phi) is 5.07. The van der Waals surface area contributed by atoms with Crippen molar-refractivity contribution in [2.75, 3.05) is 0 Å². The molecule has 140 valence electrons. The zero-order valence-corrected chi connectivity index (χ0v) is 16.7. The first-order valence-electron chi connectivity index (χ1n) is 8.71. The molecule has 1 aliphatic rings. The van der Waals surface area contributed by atoms with Crippen molar-refractivity contribution < 1.29 is 4.79 Å². The van der Waals surface area contributed by atoms with Gasteiger partial charge in [-0.1, -0.05) is 54.1 Å². The summed E-state index contributed by atoms with van der Waals surface area (Å²) in [4.78, 5) is 18.5. The third kappa shape index (κ3) is 3.04. The van der Waals surface area contributed by atoms with Crippen molar-refractivity contribution in [1.29, 1.82) is 0 Å². The van der Waals surface area contributed by atoms with Gasteiger partial charge < -0.3 is 4.90 Å². The molecule has 1 amide bonds. The van der Waals surface area contributed by atoms with Crippen LogP contribution in [0.15, 0.2) is 76.4 Å². The van der Waals surface area contributed by atoms with Gasteiger partial charge in [0.2, 0.25) is 6.41 Å². The summed E-state index contributed by atoms with van der Waals surface area (Å²) in [6, 6.07) is 17.3. The summed E-state index contributed by atoms with van der Waals surface area (Å²) in [5.74, 6) is 0. The predicted octanol–water partition coefficient (Wildman–Crippen LogP) is 4.53. The van der Waals surface area contributed by atoms with Crippen LogP contribution in [-0.2, 0) is 16.9 Å². The van der Waals surface area contributed by atoms with E-state index in [1.165, 1.54) is 11.3 Å². The van der Waals surface area contributed by atoms with Crippen LogP contribution in [0.5, 0.6) is 0 Å². The molecule has 5 nitrogen and oxygen atoms in total. The number of halogens is 1. The Labute approximate surface area is 172 Å². The number of benzene rings is 2. The van der Waals surface area contributed by atoms with Gasteiger partial charge >= 0.3 is 0 Å². The lowest BCUT2D eigenvalue weighted by molar-refractivity contribution is -0.121. The summed E-state index contributed by atoms with van der Waals surface area (Å²) >= 11 is 7.60. The van der Waals surface area contributed by atoms with Gasteiger partial charge in [-0.2, -0.15) is 5.10 Å². The van der Waals surface area contributed by atoms with Crippen molar-refractivity contribution in [2.45, 2.75) is 19.0 Å². The van der Waals surface area contributed by atoms with Gasteiger partial charge in [-0.25, -0.2) is 4.98 Å². The van der Waals surface area contributed by atoms with Crippen molar-refractivity contribution in [2.24, 2.45) is 10.2 Å². The van der Waals surface area contributed by atoms with E-state index in [0.717, 1.165) is 22.5 Å². The number of amides is 1. The zero-order valence-electron chi connectivity index (χ0n) is 15.1. The molecular weight excluding hydrogens is 392 g/mol. The van der Waals surface area contributed by atoms with E-state index in [9.17, 15) is 4.79 Å². The van der Waals surface area contributed by atoms with Crippen molar-refractivity contribution >= 4 is 40.8 Å². The fraction of sp³-hybridized carbons (Fsp3) is 0.143. The molecule has 1 atom stereocenters. The highest BCUT2D eigenvalue weighted by Gasteiger charge is 2.50. The molecule has 3 aromatic rings. The monoisotopic (exact) mass is 408 g/mol. The molecule has 1 aliphatic heterocycles. The van der Waals surface area contributed by atoms with E-state index in [1.807, 2.05) is 66.9 Å². The lowest BCUT2D eigenvalue weighted by Crippen LogP contribution is -2.54. The minimum Gasteiger partial charge on any atom is -0.320 e. The molecule has 2 aromatic carbocycles. The molecular formula is C21H17ClN4OS. The van der Waals surface area contributed by atoms with Gasteiger partial charge in [0.05, 0.1) is 5.71 Å². The summed E-state index contributed by atoms with van der Waals surface area (Å²) in [7, 11) is 0. The summed E-state index contributed by atoms with van der Waals surface area (Å²) in [5, 5.41) is 12.1. The van der Waals surface area contributed by atoms with Crippen molar-refractivity contribution in [3.05, 3.63) is 87.3 Å². The zero-order chi connectivity index (χ0) is 19.6. The van der Waals surface area contributed by atoms with E-state index in [-0.39, 0.29) is 0 Å². The molecule has 0 saturated carbocycles. The molecule has 4 rings (SSSR count). The fourth-order valence-electron chi connectivity index (χ4n) is 3.54. The Bertz CT molecular complexity index is 1030. The summed E-state index contributed by atoms with van der Waals surface area (Å²) in [6.45, 7) is 2.30. The van der Waals surface area contributed by atoms with Gasteiger partial charge in [0.1, 0.15) is 10.7 Å². The maximum Gasteiger partial charge on any atom is 0.211 e. The maximum absolute atomic E-state index is 12.4. The number of hydrogen-bond donors (Lipinski definition) is 0. The number of carbonyl (C=O) groups excluding carboxylic acids is 1. The molecule has 28 heavy (non-hydrogen) atoms. The highest BCUT2D eigenvalue weighted by molar-refractivity contribution is 7.11. The number of hydrogen-bond acceptors (Lipinski definition) is 5. The van der Waals surface area contributed by atoms with Gasteiger partial charge in [-0.05, 0) is 30.2 Å². The minimum atomic E-state index is -0.944. The van der Waals surface area contributed by atoms with Crippen molar-refractivity contribution in [3.8, 4) is 0 Å². The summed E-state index contributed by atoms with van der Waals surface area (Å²) < 4.78 is 0. The second kappa shape index (κ2) is 7.66. The van der Waals surface area contributed by atoms with Crippen molar-refractivity contribution in [1.82, 2.24) is 9.88 Å². The molecule has 0 fully saturated rings. The lowest BCUT2D eigenvalue weighted by atomic mass is 9.80. The second-order valence-corrected chi connectivity index (χ2v) is 7.74. The molecule has 1 unspecified atom stereocenters. The Balaban J connectivity index is 1.90. The smallest absolute Gasteiger partial charge is 0.211 e. The normalized spacial score (nSPS) is 18.5. The number of aromatic nitrogens is 1. The SMILES string of the molecule is CC1=NN=C(c2nccs2)C1(c1ccc(Cl)cc1)N(C=O)Cc1ccccc1. The molecule has 0 N–H and O–H groups in total. The second-order valence-electron chi connectivity index (χ2n) is 6.41. The van der Waals surface area contributed by atoms with E-state index in [0.29, 0.717) is 23.0 Å². The number of rotatable bonds is 6. The average molecular weight is 409 g/mol. The van der Waals surface area contributed by atoms with Crippen LogP contribution < -0.4 is 0 Å². The van der Waals surface area contributed by atoms with E-state index in [1.54, 1.807) is 11.1 Å². The molecule has 0 radical (unpaired) electrons. The quantitative estimate of drug-likeness (QED) is 0.562. The third-order valence-corrected chi connectivity index (χ3v) is 5.85. The molecule has 2 heterocycles. The first-order chi connectivity index (χ1) is 13.7. The van der Waals surface area contributed by atoms with Crippen LogP contribution in [-0.4, -0.2) is 27.7 Å². The lowest BCUT2D eigenvalue weighted by Gasteiger charge is -2.40. The molecule has 0 spiro atoms. The Morgan fingerprint density at radius 2 is 1.86 bits per heavy atom. The van der Waals surface area contributed by atoms with Gasteiger partial charge in [0, 0.05) is 23.1 Å². The van der Waals surface area contributed by atoms with E-state index in [2.05, 4.69) is 15.2 Å². The Hall–Kier alpha value is -2.83. The standard InChI is InChI=1S/C21H17ClN4OS/c1-15-21(17-7-9-18(22)10-8-17,19(25-24-15)20-23-11-12-28-20)26(14-27)13-16-5-3-2-4-6-16/h2-12,14H,13H2,1H3. The fourth-order valence-corrected chi connectivity index (χ4v) is 4.34. The number of thiazole rings is 1. The van der Waals surface area contributed by atoms with Crippen molar-refractivity contribution in [3.63, 3.8) is 0 Å². The molecule has 1 aromatic heterocycles. The molecule has 0 saturated heterocycles. The first-order valence-corrected chi connectivity index (χ1v) is 9.97. The summed E-state index contributed by atoms with van der Waals surface area (Å²) in [6.07, 6.45) is 2.58. The van der Waals surface area contributed by atoms with Crippen LogP contribution >= 0.6 is 22.9 Å². The Morgan fingerprint density at radius 3 is 2.50 bits per heavy atom. The molecule has 0 aliphatic carbocycles. The summed E-state index contributed by atoms with van der Waals surface area (Å²) in [5.41, 5.74) is 2.29. The average Bonchev–Trinajstić information content (AvgIpc) is 3.36. The highest BCUT2D eigenvalue weighted by Crippen LogP contribution is 2.39. The van der Waals surface area contributed by atoms with Crippen LogP contribution in [0.2, 0.25) is 5.02 Å². The van der Waals surface area contributed by atoms with Gasteiger partial charge in [-0.15, -0.1) is 16.4 Å². The highest BCUT2D eigenvalue weighted by atomic mass is 35.5. The van der Waals surface area contributed by atoms with Gasteiger partial charge in [-0.3, -0.25) is 4.79 Å². The van der Waals surface area contributed by atoms with Crippen LogP contribution in [0.1, 0.15) is 23.1 Å². The van der Waals surface area contributed by atoms with E-state index >= 15 is 0 Å². The van der Waals surface area contributed by atoms with Crippen LogP contribution in [0.4, 0.5) is 0 Å². The number of nitrogens with zero attached hydrogens (tertiary/aromatic N) is 4. The maximum atomic E-state index is 12.4. The van der Waals surface area contributed by atoms with Crippen LogP contribution in [0.25, 0.3) is 0 Å². The van der Waals surface area contributed by atoms with Crippen LogP contribution in [0, 0.1) is 0 Å². The first kappa shape index (κ1) is 18.5. The van der Waals surface area contributed by atoms with Crippen LogP contribution in [0.3, 0.4) is 0 Å². The topological polar surface area (TPSA) is 57.9 Å². The largest absolute Gasteiger partial charge is 0.320 e. The van der Waals surface area contributed by atoms with Gasteiger partial charge in [0.25, 0.3) is 0 Å².